The van der Waals surface area contributed by atoms with Crippen molar-refractivity contribution in [1.82, 2.24) is 21.3 Å². The normalized spacial score (nSPS) is 19.1. The second-order valence-corrected chi connectivity index (χ2v) is 8.71. The van der Waals surface area contributed by atoms with E-state index < -0.39 is 60.4 Å². The Morgan fingerprint density at radius 1 is 0.921 bits per heavy atom. The highest BCUT2D eigenvalue weighted by atomic mass is 19.4. The van der Waals surface area contributed by atoms with E-state index >= 15 is 0 Å². The van der Waals surface area contributed by atoms with Crippen molar-refractivity contribution in [2.75, 3.05) is 6.54 Å². The number of hydrogen-bond donors (Lipinski definition) is 5. The first-order chi connectivity index (χ1) is 18.0. The van der Waals surface area contributed by atoms with Crippen LogP contribution in [0, 0.1) is 0 Å². The average Bonchev–Trinajstić information content (AvgIpc) is 2.87. The molecule has 1 saturated carbocycles. The number of alkyl halides is 3. The molecular weight excluding hydrogens is 509 g/mol. The lowest BCUT2D eigenvalue weighted by atomic mass is 9.86. The fraction of sp³-hybridized carbons (Fsp3) is 0.360. The molecule has 5 N–H and O–H groups in total. The van der Waals surface area contributed by atoms with Crippen LogP contribution in [-0.4, -0.2) is 53.8 Å². The predicted octanol–water partition coefficient (Wildman–Crippen LogP) is 3.04. The SMILES string of the molecule is O=C(O)NC1CCC(NC(=O)OCc2ccccc2)CC1NC(=O)CNC(=O)c1cccc(C(F)(F)F)c1. The maximum atomic E-state index is 12.9. The summed E-state index contributed by atoms with van der Waals surface area (Å²) in [7, 11) is 0. The lowest BCUT2D eigenvalue weighted by Crippen LogP contribution is -2.58. The molecule has 0 heterocycles. The molecule has 3 rings (SSSR count). The van der Waals surface area contributed by atoms with Gasteiger partial charge in [-0.05, 0) is 43.0 Å². The van der Waals surface area contributed by atoms with Gasteiger partial charge in [0, 0.05) is 11.6 Å². The molecule has 0 radical (unpaired) electrons. The highest BCUT2D eigenvalue weighted by molar-refractivity contribution is 5.96. The molecule has 0 bridgehead atoms. The largest absolute Gasteiger partial charge is 0.465 e. The Balaban J connectivity index is 1.53. The molecule has 1 fully saturated rings. The molecule has 38 heavy (non-hydrogen) atoms. The van der Waals surface area contributed by atoms with Crippen LogP contribution in [0.15, 0.2) is 54.6 Å². The van der Waals surface area contributed by atoms with Crippen LogP contribution < -0.4 is 21.3 Å². The van der Waals surface area contributed by atoms with Crippen molar-refractivity contribution in [3.05, 3.63) is 71.3 Å². The average molecular weight is 537 g/mol. The monoisotopic (exact) mass is 536 g/mol. The Morgan fingerprint density at radius 2 is 1.66 bits per heavy atom. The van der Waals surface area contributed by atoms with Crippen molar-refractivity contribution in [2.45, 2.75) is 50.2 Å². The Morgan fingerprint density at radius 3 is 2.34 bits per heavy atom. The number of amides is 4. The second kappa shape index (κ2) is 12.8. The lowest BCUT2D eigenvalue weighted by molar-refractivity contribution is -0.137. The van der Waals surface area contributed by atoms with Crippen molar-refractivity contribution < 1.29 is 42.2 Å². The highest BCUT2D eigenvalue weighted by Gasteiger charge is 2.34. The molecule has 3 atom stereocenters. The molecule has 0 saturated heterocycles. The van der Waals surface area contributed by atoms with Crippen molar-refractivity contribution in [3.63, 3.8) is 0 Å². The number of carboxylic acid groups (broad SMARTS) is 1. The van der Waals surface area contributed by atoms with E-state index in [2.05, 4.69) is 21.3 Å². The third kappa shape index (κ3) is 8.68. The van der Waals surface area contributed by atoms with Gasteiger partial charge in [-0.3, -0.25) is 9.59 Å². The van der Waals surface area contributed by atoms with Crippen LogP contribution >= 0.6 is 0 Å². The van der Waals surface area contributed by atoms with Gasteiger partial charge in [-0.2, -0.15) is 13.2 Å². The van der Waals surface area contributed by atoms with Crippen LogP contribution in [0.4, 0.5) is 22.8 Å². The van der Waals surface area contributed by atoms with E-state index in [1.807, 2.05) is 18.2 Å². The third-order valence-corrected chi connectivity index (χ3v) is 5.90. The zero-order chi connectivity index (χ0) is 27.7. The molecule has 2 aromatic rings. The van der Waals surface area contributed by atoms with Gasteiger partial charge in [-0.15, -0.1) is 0 Å². The zero-order valence-corrected chi connectivity index (χ0v) is 20.1. The summed E-state index contributed by atoms with van der Waals surface area (Å²) in [5.74, 6) is -1.56. The van der Waals surface area contributed by atoms with Gasteiger partial charge in [0.05, 0.1) is 24.2 Å². The molecule has 10 nitrogen and oxygen atoms in total. The Kier molecular flexibility index (Phi) is 9.52. The molecule has 0 aliphatic heterocycles. The summed E-state index contributed by atoms with van der Waals surface area (Å²) in [5.41, 5.74) is -0.469. The molecular formula is C25H27F3N4O6. The third-order valence-electron chi connectivity index (χ3n) is 5.90. The van der Waals surface area contributed by atoms with Gasteiger partial charge in [0.25, 0.3) is 5.91 Å². The smallest absolute Gasteiger partial charge is 0.416 e. The van der Waals surface area contributed by atoms with E-state index in [1.54, 1.807) is 12.1 Å². The minimum atomic E-state index is -4.63. The predicted molar refractivity (Wildman–Crippen MR) is 128 cm³/mol. The van der Waals surface area contributed by atoms with Gasteiger partial charge in [-0.1, -0.05) is 36.4 Å². The number of carbonyl (C=O) groups excluding carboxylic acids is 3. The first kappa shape index (κ1) is 28.3. The van der Waals surface area contributed by atoms with E-state index in [0.29, 0.717) is 18.9 Å². The number of rotatable bonds is 8. The number of nitrogens with one attached hydrogen (secondary N) is 4. The van der Waals surface area contributed by atoms with Crippen molar-refractivity contribution in [3.8, 4) is 0 Å². The maximum absolute atomic E-state index is 12.9. The van der Waals surface area contributed by atoms with Crippen LogP contribution in [0.1, 0.15) is 40.7 Å². The van der Waals surface area contributed by atoms with Crippen molar-refractivity contribution in [2.24, 2.45) is 0 Å². The molecule has 204 valence electrons. The molecule has 1 aliphatic carbocycles. The van der Waals surface area contributed by atoms with Crippen molar-refractivity contribution in [1.29, 1.82) is 0 Å². The number of carbonyl (C=O) groups is 4. The van der Waals surface area contributed by atoms with E-state index in [0.717, 1.165) is 17.7 Å². The lowest BCUT2D eigenvalue weighted by Gasteiger charge is -2.36. The van der Waals surface area contributed by atoms with Crippen LogP contribution in [0.3, 0.4) is 0 Å². The minimum absolute atomic E-state index is 0.0638. The minimum Gasteiger partial charge on any atom is -0.465 e. The fourth-order valence-electron chi connectivity index (χ4n) is 4.08. The topological polar surface area (TPSA) is 146 Å². The number of halogens is 3. The highest BCUT2D eigenvalue weighted by Crippen LogP contribution is 2.29. The van der Waals surface area contributed by atoms with Crippen LogP contribution in [-0.2, 0) is 22.3 Å². The summed E-state index contributed by atoms with van der Waals surface area (Å²) in [4.78, 5) is 48.2. The number of hydrogen-bond acceptors (Lipinski definition) is 5. The van der Waals surface area contributed by atoms with Crippen LogP contribution in [0.5, 0.6) is 0 Å². The number of ether oxygens (including phenoxy) is 1. The number of alkyl carbamates (subject to hydrolysis) is 1. The molecule has 0 aromatic heterocycles. The molecule has 13 heteroatoms. The van der Waals surface area contributed by atoms with E-state index in [1.165, 1.54) is 6.07 Å². The van der Waals surface area contributed by atoms with Gasteiger partial charge < -0.3 is 31.1 Å². The molecule has 0 spiro atoms. The van der Waals surface area contributed by atoms with Crippen LogP contribution in [0.2, 0.25) is 0 Å². The van der Waals surface area contributed by atoms with Crippen molar-refractivity contribution >= 4 is 24.0 Å². The van der Waals surface area contributed by atoms with E-state index in [9.17, 15) is 32.3 Å². The number of benzene rings is 2. The van der Waals surface area contributed by atoms with E-state index in [4.69, 9.17) is 9.84 Å². The van der Waals surface area contributed by atoms with Gasteiger partial charge in [-0.25, -0.2) is 9.59 Å². The standard InChI is InChI=1S/C25H27F3N4O6/c26-25(27,28)17-8-4-7-16(11-17)22(34)29-13-21(33)31-20-12-18(9-10-19(20)32-23(35)36)30-24(37)38-14-15-5-2-1-3-6-15/h1-8,11,18-20,32H,9-10,12-14H2,(H,29,34)(H,30,37)(H,31,33)(H,35,36). The quantitative estimate of drug-likeness (QED) is 0.351. The first-order valence-electron chi connectivity index (χ1n) is 11.7. The van der Waals surface area contributed by atoms with E-state index in [-0.39, 0.29) is 18.6 Å². The van der Waals surface area contributed by atoms with Crippen LogP contribution in [0.25, 0.3) is 0 Å². The Bertz CT molecular complexity index is 1150. The van der Waals surface area contributed by atoms with Gasteiger partial charge in [0.15, 0.2) is 0 Å². The van der Waals surface area contributed by atoms with Gasteiger partial charge >= 0.3 is 18.4 Å². The Labute approximate surface area is 215 Å². The molecule has 2 aromatic carbocycles. The summed E-state index contributed by atoms with van der Waals surface area (Å²) in [6.45, 7) is -0.489. The van der Waals surface area contributed by atoms with Gasteiger partial charge in [0.2, 0.25) is 5.91 Å². The van der Waals surface area contributed by atoms with Gasteiger partial charge in [0.1, 0.15) is 6.61 Å². The summed E-state index contributed by atoms with van der Waals surface area (Å²) < 4.78 is 43.9. The molecule has 1 aliphatic rings. The second-order valence-electron chi connectivity index (χ2n) is 8.71. The summed E-state index contributed by atoms with van der Waals surface area (Å²) in [6.07, 6.45) is -5.68. The molecule has 3 unspecified atom stereocenters. The zero-order valence-electron chi connectivity index (χ0n) is 20.1. The maximum Gasteiger partial charge on any atom is 0.416 e. The fourth-order valence-corrected chi connectivity index (χ4v) is 4.08. The summed E-state index contributed by atoms with van der Waals surface area (Å²) in [6, 6.07) is 11.0. The molecule has 4 amide bonds. The Hall–Kier alpha value is -4.29. The first-order valence-corrected chi connectivity index (χ1v) is 11.7. The summed E-state index contributed by atoms with van der Waals surface area (Å²) in [5, 5.41) is 19.1. The summed E-state index contributed by atoms with van der Waals surface area (Å²) >= 11 is 0.